The number of para-hydroxylation sites is 2. The van der Waals surface area contributed by atoms with Gasteiger partial charge in [-0.1, -0.05) is 66.7 Å². The number of rotatable bonds is 2. The highest BCUT2D eigenvalue weighted by Gasteiger charge is 2.18. The first-order valence-electron chi connectivity index (χ1n) is 13.9. The van der Waals surface area contributed by atoms with Crippen molar-refractivity contribution in [1.82, 2.24) is 4.57 Å². The molecule has 0 N–H and O–H groups in total. The Morgan fingerprint density at radius 2 is 1.35 bits per heavy atom. The van der Waals surface area contributed by atoms with Gasteiger partial charge >= 0.3 is 0 Å². The minimum Gasteiger partial charge on any atom is -0.309 e. The fourth-order valence-electron chi connectivity index (χ4n) is 6.53. The third kappa shape index (κ3) is 3.44. The molecule has 9 rings (SSSR count). The summed E-state index contributed by atoms with van der Waals surface area (Å²) in [6.07, 6.45) is 0. The van der Waals surface area contributed by atoms with Crippen LogP contribution in [0.1, 0.15) is 5.56 Å². The number of hydrogen-bond donors (Lipinski definition) is 0. The summed E-state index contributed by atoms with van der Waals surface area (Å²) in [6, 6.07) is 42.6. The standard InChI is InChI=1S/C38H19N3S2/c1-40-24-12-16-34-29(20-24)28-14-17-36-37(38(28)43-34)30-19-23(11-15-35(30)42-36)25-13-10-22(21-39)18-33(25)41-31-8-4-2-6-26(31)27-7-3-5-9-32(27)41/h2-20H. The SMILES string of the molecule is [C-]#[N+]c1ccc2sc3c(ccc4sc5ccc(-c6ccc(C#N)cc6-n6c7ccccc7c7ccccc76)cc5c43)c2c1. The summed E-state index contributed by atoms with van der Waals surface area (Å²) in [4.78, 5) is 3.67. The Morgan fingerprint density at radius 3 is 2.12 bits per heavy atom. The molecule has 43 heavy (non-hydrogen) atoms. The van der Waals surface area contributed by atoms with Crippen LogP contribution in [-0.4, -0.2) is 4.57 Å². The lowest BCUT2D eigenvalue weighted by Crippen LogP contribution is -1.98. The molecular weight excluding hydrogens is 563 g/mol. The van der Waals surface area contributed by atoms with Crippen molar-refractivity contribution >= 4 is 90.5 Å². The van der Waals surface area contributed by atoms with Gasteiger partial charge in [0.25, 0.3) is 0 Å². The zero-order chi connectivity index (χ0) is 28.7. The quantitative estimate of drug-likeness (QED) is 0.187. The second kappa shape index (κ2) is 9.02. The van der Waals surface area contributed by atoms with E-state index in [1.165, 1.54) is 45.7 Å². The summed E-state index contributed by atoms with van der Waals surface area (Å²) in [5, 5.41) is 17.1. The first-order valence-corrected chi connectivity index (χ1v) is 15.6. The van der Waals surface area contributed by atoms with Gasteiger partial charge in [0.05, 0.1) is 34.9 Å². The number of hydrogen-bond acceptors (Lipinski definition) is 3. The number of thiophene rings is 2. The van der Waals surface area contributed by atoms with Crippen LogP contribution < -0.4 is 0 Å². The Bertz CT molecular complexity index is 2650. The van der Waals surface area contributed by atoms with Crippen molar-refractivity contribution in [2.75, 3.05) is 0 Å². The van der Waals surface area contributed by atoms with Crippen molar-refractivity contribution < 1.29 is 0 Å². The lowest BCUT2D eigenvalue weighted by atomic mass is 9.99. The van der Waals surface area contributed by atoms with Crippen molar-refractivity contribution in [2.24, 2.45) is 0 Å². The van der Waals surface area contributed by atoms with E-state index in [4.69, 9.17) is 6.57 Å². The van der Waals surface area contributed by atoms with E-state index in [9.17, 15) is 5.26 Å². The third-order valence-electron chi connectivity index (χ3n) is 8.44. The van der Waals surface area contributed by atoms with Gasteiger partial charge in [0.2, 0.25) is 0 Å². The van der Waals surface area contributed by atoms with Gasteiger partial charge in [-0.2, -0.15) is 5.26 Å². The Labute approximate surface area is 254 Å². The molecule has 0 radical (unpaired) electrons. The van der Waals surface area contributed by atoms with Crippen LogP contribution >= 0.6 is 22.7 Å². The monoisotopic (exact) mass is 581 g/mol. The molecule has 0 fully saturated rings. The third-order valence-corrected chi connectivity index (χ3v) is 10.8. The summed E-state index contributed by atoms with van der Waals surface area (Å²) < 4.78 is 7.28. The number of fused-ring (bicyclic) bond motifs is 10. The Hall–Kier alpha value is -5.46. The second-order valence-corrected chi connectivity index (χ2v) is 12.9. The highest BCUT2D eigenvalue weighted by Crippen LogP contribution is 2.46. The number of benzene rings is 6. The van der Waals surface area contributed by atoms with Gasteiger partial charge in [-0.3, -0.25) is 0 Å². The molecule has 5 heteroatoms. The fraction of sp³-hybridized carbons (Fsp3) is 0. The van der Waals surface area contributed by atoms with E-state index in [1.54, 1.807) is 11.3 Å². The maximum Gasteiger partial charge on any atom is 0.187 e. The average molecular weight is 582 g/mol. The molecule has 0 bridgehead atoms. The molecular formula is C38H19N3S2. The molecule has 0 saturated heterocycles. The number of nitriles is 1. The molecule has 0 amide bonds. The molecule has 0 atom stereocenters. The van der Waals surface area contributed by atoms with Gasteiger partial charge in [-0.05, 0) is 64.9 Å². The van der Waals surface area contributed by atoms with E-state index in [0.29, 0.717) is 11.3 Å². The molecule has 198 valence electrons. The van der Waals surface area contributed by atoms with Crippen molar-refractivity contribution in [1.29, 1.82) is 5.26 Å². The van der Waals surface area contributed by atoms with Crippen LogP contribution in [0.3, 0.4) is 0 Å². The Kier molecular flexibility index (Phi) is 5.07. The summed E-state index contributed by atoms with van der Waals surface area (Å²) in [5.74, 6) is 0. The van der Waals surface area contributed by atoms with Crippen LogP contribution in [-0.2, 0) is 0 Å². The van der Waals surface area contributed by atoms with Gasteiger partial charge in [-0.15, -0.1) is 22.7 Å². The summed E-state index contributed by atoms with van der Waals surface area (Å²) in [6.45, 7) is 7.49. The largest absolute Gasteiger partial charge is 0.309 e. The van der Waals surface area contributed by atoms with E-state index in [2.05, 4.69) is 106 Å². The summed E-state index contributed by atoms with van der Waals surface area (Å²) >= 11 is 3.62. The van der Waals surface area contributed by atoms with Crippen LogP contribution in [0.25, 0.3) is 83.8 Å². The maximum absolute atomic E-state index is 9.90. The van der Waals surface area contributed by atoms with Crippen molar-refractivity contribution in [3.05, 3.63) is 132 Å². The van der Waals surface area contributed by atoms with Gasteiger partial charge in [0.1, 0.15) is 0 Å². The molecule has 0 saturated carbocycles. The zero-order valence-corrected chi connectivity index (χ0v) is 24.3. The van der Waals surface area contributed by atoms with E-state index in [0.717, 1.165) is 33.2 Å². The van der Waals surface area contributed by atoms with Crippen LogP contribution in [0.5, 0.6) is 0 Å². The predicted octanol–water partition coefficient (Wildman–Crippen LogP) is 11.6. The van der Waals surface area contributed by atoms with E-state index in [1.807, 2.05) is 35.6 Å². The van der Waals surface area contributed by atoms with Crippen molar-refractivity contribution in [2.45, 2.75) is 0 Å². The minimum atomic E-state index is 0.633. The van der Waals surface area contributed by atoms with Gasteiger partial charge in [0.15, 0.2) is 5.69 Å². The molecule has 6 aromatic carbocycles. The molecule has 3 heterocycles. The van der Waals surface area contributed by atoms with Crippen LogP contribution in [0.2, 0.25) is 0 Å². The predicted molar refractivity (Wildman–Crippen MR) is 183 cm³/mol. The summed E-state index contributed by atoms with van der Waals surface area (Å²) in [7, 11) is 0. The number of aromatic nitrogens is 1. The number of nitrogens with zero attached hydrogens (tertiary/aromatic N) is 3. The maximum atomic E-state index is 9.90. The topological polar surface area (TPSA) is 33.1 Å². The van der Waals surface area contributed by atoms with Gasteiger partial charge < -0.3 is 4.57 Å². The first-order chi connectivity index (χ1) is 21.2. The summed E-state index contributed by atoms with van der Waals surface area (Å²) in [5.41, 5.74) is 6.73. The van der Waals surface area contributed by atoms with E-state index >= 15 is 0 Å². The zero-order valence-electron chi connectivity index (χ0n) is 22.6. The van der Waals surface area contributed by atoms with Crippen molar-refractivity contribution in [3.63, 3.8) is 0 Å². The van der Waals surface area contributed by atoms with Gasteiger partial charge in [0, 0.05) is 45.9 Å². The van der Waals surface area contributed by atoms with E-state index < -0.39 is 0 Å². The van der Waals surface area contributed by atoms with Crippen molar-refractivity contribution in [3.8, 4) is 22.9 Å². The van der Waals surface area contributed by atoms with Crippen LogP contribution in [0.4, 0.5) is 5.69 Å². The molecule has 3 aromatic heterocycles. The minimum absolute atomic E-state index is 0.633. The molecule has 0 aliphatic rings. The lowest BCUT2D eigenvalue weighted by molar-refractivity contribution is 1.18. The highest BCUT2D eigenvalue weighted by molar-refractivity contribution is 7.29. The molecule has 0 spiro atoms. The molecule has 0 aliphatic carbocycles. The average Bonchev–Trinajstić information content (AvgIpc) is 3.73. The lowest BCUT2D eigenvalue weighted by Gasteiger charge is -2.15. The normalized spacial score (nSPS) is 11.7. The highest BCUT2D eigenvalue weighted by atomic mass is 32.1. The molecule has 0 aliphatic heterocycles. The molecule has 3 nitrogen and oxygen atoms in total. The fourth-order valence-corrected chi connectivity index (χ4v) is 8.94. The Morgan fingerprint density at radius 1 is 0.628 bits per heavy atom. The first kappa shape index (κ1) is 24.2. The van der Waals surface area contributed by atoms with Crippen LogP contribution in [0, 0.1) is 17.9 Å². The van der Waals surface area contributed by atoms with E-state index in [-0.39, 0.29) is 0 Å². The Balaban J connectivity index is 1.35. The van der Waals surface area contributed by atoms with Crippen LogP contribution in [0.15, 0.2) is 115 Å². The second-order valence-electron chi connectivity index (χ2n) is 10.7. The molecule has 9 aromatic rings. The smallest absolute Gasteiger partial charge is 0.187 e. The van der Waals surface area contributed by atoms with Gasteiger partial charge in [-0.25, -0.2) is 4.85 Å². The molecule has 0 unspecified atom stereocenters.